The summed E-state index contributed by atoms with van der Waals surface area (Å²) in [6.45, 7) is 0. The molecule has 0 fully saturated rings. The van der Waals surface area contributed by atoms with E-state index in [9.17, 15) is 0 Å². The van der Waals surface area contributed by atoms with Crippen molar-refractivity contribution >= 4 is 10.8 Å². The zero-order valence-electron chi connectivity index (χ0n) is 14.5. The highest BCUT2D eigenvalue weighted by atomic mass is 35.7. The summed E-state index contributed by atoms with van der Waals surface area (Å²) in [6.07, 6.45) is 4.22. The van der Waals surface area contributed by atoms with E-state index in [1.165, 1.54) is 11.1 Å². The summed E-state index contributed by atoms with van der Waals surface area (Å²) in [5.74, 6) is 1.49. The molecule has 0 atom stereocenters. The second-order valence-corrected chi connectivity index (χ2v) is 6.13. The van der Waals surface area contributed by atoms with E-state index >= 15 is 0 Å². The number of methoxy groups -OCH3 is 2. The summed E-state index contributed by atoms with van der Waals surface area (Å²) in [4.78, 5) is 0. The summed E-state index contributed by atoms with van der Waals surface area (Å²) in [5, 5.41) is 2.27. The number of hydrogen-bond acceptors (Lipinski definition) is 6. The molecule has 0 bridgehead atoms. The van der Waals surface area contributed by atoms with Crippen LogP contribution in [0, 0.1) is 10.2 Å². The molecule has 0 spiro atoms. The van der Waals surface area contributed by atoms with Gasteiger partial charge in [-0.2, -0.15) is 0 Å². The van der Waals surface area contributed by atoms with Gasteiger partial charge in [-0.1, -0.05) is 30.3 Å². The van der Waals surface area contributed by atoms with E-state index in [0.717, 1.165) is 22.3 Å². The zero-order chi connectivity index (χ0) is 19.3. The summed E-state index contributed by atoms with van der Waals surface area (Å²) in [7, 11) is 0.405. The van der Waals surface area contributed by atoms with Crippen LogP contribution in [0.1, 0.15) is 0 Å². The molecule has 26 heavy (non-hydrogen) atoms. The topological polar surface area (TPSA) is 115 Å². The first-order valence-corrected chi connectivity index (χ1v) is 8.68. The molecule has 0 aliphatic carbocycles. The van der Waals surface area contributed by atoms with E-state index in [0.29, 0.717) is 0 Å². The third-order valence-electron chi connectivity index (χ3n) is 3.61. The Morgan fingerprint density at radius 3 is 1.92 bits per heavy atom. The number of pyridine rings is 1. The Morgan fingerprint density at radius 2 is 1.38 bits per heavy atom. The summed E-state index contributed by atoms with van der Waals surface area (Å²) < 4.78 is 46.9. The van der Waals surface area contributed by atoms with Crippen LogP contribution in [0.2, 0.25) is 0 Å². The Hall–Kier alpha value is -2.42. The molecule has 7 nitrogen and oxygen atoms in total. The standard InChI is InChI=1S/C18H18NO2.ClHO4/c1-19-11-14-9-17(20-2)18(21-3)10-15(14)16(12-19)13-7-5-4-6-8-13;2-1(3,4)5/h4-12H,1-3H3;(H,2,3,4,5)/q+1;/p-1. The molecule has 3 rings (SSSR count). The third-order valence-corrected chi connectivity index (χ3v) is 3.61. The van der Waals surface area contributed by atoms with Crippen molar-refractivity contribution in [1.29, 1.82) is 0 Å². The molecule has 0 unspecified atom stereocenters. The molecule has 1 aromatic heterocycles. The minimum atomic E-state index is -4.94. The van der Waals surface area contributed by atoms with Gasteiger partial charge in [0.25, 0.3) is 0 Å². The molecule has 2 aromatic carbocycles. The molecule has 0 aliphatic heterocycles. The van der Waals surface area contributed by atoms with Gasteiger partial charge < -0.3 is 9.47 Å². The Morgan fingerprint density at radius 1 is 0.846 bits per heavy atom. The largest absolute Gasteiger partial charge is 0.493 e. The van der Waals surface area contributed by atoms with Crippen molar-refractivity contribution < 1.29 is 42.9 Å². The van der Waals surface area contributed by atoms with Crippen LogP contribution in [0.3, 0.4) is 0 Å². The first-order valence-electron chi connectivity index (χ1n) is 7.45. The van der Waals surface area contributed by atoms with Gasteiger partial charge in [-0.25, -0.2) is 23.2 Å². The maximum absolute atomic E-state index is 8.49. The van der Waals surface area contributed by atoms with Crippen LogP contribution in [0.5, 0.6) is 11.5 Å². The van der Waals surface area contributed by atoms with Crippen molar-refractivity contribution in [3.8, 4) is 22.6 Å². The van der Waals surface area contributed by atoms with Gasteiger partial charge in [0.05, 0.1) is 25.2 Å². The highest BCUT2D eigenvalue weighted by molar-refractivity contribution is 5.97. The number of hydrogen-bond donors (Lipinski definition) is 0. The lowest BCUT2D eigenvalue weighted by Gasteiger charge is -2.17. The summed E-state index contributed by atoms with van der Waals surface area (Å²) in [5.41, 5.74) is 2.36. The van der Waals surface area contributed by atoms with E-state index in [1.54, 1.807) is 14.2 Å². The number of halogens is 1. The average molecular weight is 380 g/mol. The van der Waals surface area contributed by atoms with Crippen LogP contribution >= 0.6 is 0 Å². The molecule has 0 saturated carbocycles. The lowest BCUT2D eigenvalue weighted by atomic mass is 10.0. The maximum atomic E-state index is 8.49. The molecular weight excluding hydrogens is 362 g/mol. The van der Waals surface area contributed by atoms with Gasteiger partial charge in [-0.3, -0.25) is 0 Å². The molecule has 0 amide bonds. The highest BCUT2D eigenvalue weighted by Crippen LogP contribution is 2.35. The van der Waals surface area contributed by atoms with E-state index in [1.807, 2.05) is 25.2 Å². The van der Waals surface area contributed by atoms with Crippen molar-refractivity contribution in [1.82, 2.24) is 0 Å². The van der Waals surface area contributed by atoms with Crippen molar-refractivity contribution in [3.05, 3.63) is 54.9 Å². The monoisotopic (exact) mass is 379 g/mol. The van der Waals surface area contributed by atoms with Gasteiger partial charge in [-0.05, 0) is 17.7 Å². The van der Waals surface area contributed by atoms with Gasteiger partial charge in [0.1, 0.15) is 7.05 Å². The number of nitrogens with zero attached hydrogens (tertiary/aromatic N) is 1. The van der Waals surface area contributed by atoms with E-state index in [2.05, 4.69) is 41.2 Å². The van der Waals surface area contributed by atoms with E-state index < -0.39 is 10.2 Å². The highest BCUT2D eigenvalue weighted by Gasteiger charge is 2.14. The van der Waals surface area contributed by atoms with Crippen molar-refractivity contribution in [2.24, 2.45) is 7.05 Å². The second kappa shape index (κ2) is 8.31. The maximum Gasteiger partial charge on any atom is 0.177 e. The number of fused-ring (bicyclic) bond motifs is 1. The molecule has 0 N–H and O–H groups in total. The van der Waals surface area contributed by atoms with Gasteiger partial charge in [0.15, 0.2) is 23.9 Å². The number of benzene rings is 2. The van der Waals surface area contributed by atoms with Crippen molar-refractivity contribution in [2.75, 3.05) is 14.2 Å². The van der Waals surface area contributed by atoms with E-state index in [-0.39, 0.29) is 0 Å². The van der Waals surface area contributed by atoms with Gasteiger partial charge in [0, 0.05) is 5.39 Å². The predicted molar refractivity (Wildman–Crippen MR) is 83.7 cm³/mol. The fourth-order valence-corrected chi connectivity index (χ4v) is 2.61. The number of ether oxygens (including phenoxy) is 2. The first-order chi connectivity index (χ1) is 12.2. The Labute approximate surface area is 153 Å². The number of rotatable bonds is 3. The van der Waals surface area contributed by atoms with Gasteiger partial charge in [0.2, 0.25) is 0 Å². The Bertz CT molecular complexity index is 874. The SMILES string of the molecule is COc1cc2c[n+](C)cc(-c3ccccc3)c2cc1OC.[O-][Cl+3]([O-])([O-])[O-]. The summed E-state index contributed by atoms with van der Waals surface area (Å²) in [6, 6.07) is 14.4. The average Bonchev–Trinajstić information content (AvgIpc) is 2.59. The third kappa shape index (κ3) is 5.29. The molecule has 1 heterocycles. The fraction of sp³-hybridized carbons (Fsp3) is 0.167. The van der Waals surface area contributed by atoms with Gasteiger partial charge >= 0.3 is 0 Å². The summed E-state index contributed by atoms with van der Waals surface area (Å²) >= 11 is 0. The van der Waals surface area contributed by atoms with Crippen LogP contribution in [0.25, 0.3) is 21.9 Å². The molecule has 8 heteroatoms. The van der Waals surface area contributed by atoms with Crippen LogP contribution in [0.15, 0.2) is 54.9 Å². The smallest absolute Gasteiger partial charge is 0.177 e. The number of aryl methyl sites for hydroxylation is 1. The fourth-order valence-electron chi connectivity index (χ4n) is 2.61. The van der Waals surface area contributed by atoms with E-state index in [4.69, 9.17) is 28.1 Å². The Kier molecular flexibility index (Phi) is 6.36. The van der Waals surface area contributed by atoms with Crippen LogP contribution in [0.4, 0.5) is 0 Å². The predicted octanol–water partition coefficient (Wildman–Crippen LogP) is -1.41. The Balaban J connectivity index is 0.000000431. The quantitative estimate of drug-likeness (QED) is 0.516. The van der Waals surface area contributed by atoms with Crippen LogP contribution < -0.4 is 32.7 Å². The number of aromatic nitrogens is 1. The minimum absolute atomic E-state index is 0.746. The molecule has 0 radical (unpaired) electrons. The van der Waals surface area contributed by atoms with Crippen molar-refractivity contribution in [3.63, 3.8) is 0 Å². The lowest BCUT2D eigenvalue weighted by Crippen LogP contribution is -2.68. The zero-order valence-corrected chi connectivity index (χ0v) is 15.2. The van der Waals surface area contributed by atoms with Crippen LogP contribution in [-0.2, 0) is 7.05 Å². The van der Waals surface area contributed by atoms with Crippen molar-refractivity contribution in [2.45, 2.75) is 0 Å². The molecular formula is C18H18ClNO6. The van der Waals surface area contributed by atoms with Crippen LogP contribution in [-0.4, -0.2) is 14.2 Å². The first kappa shape index (κ1) is 19.9. The normalized spacial score (nSPS) is 10.9. The minimum Gasteiger partial charge on any atom is -0.493 e. The lowest BCUT2D eigenvalue weighted by molar-refractivity contribution is -2.00. The second-order valence-electron chi connectivity index (χ2n) is 5.38. The molecule has 138 valence electrons. The molecule has 3 aromatic rings. The van der Waals surface area contributed by atoms with Gasteiger partial charge in [-0.15, -0.1) is 10.2 Å². The molecule has 0 saturated heterocycles. The molecule has 0 aliphatic rings.